The van der Waals surface area contributed by atoms with Crippen molar-refractivity contribution in [2.45, 2.75) is 11.8 Å². The van der Waals surface area contributed by atoms with Crippen molar-refractivity contribution in [2.75, 3.05) is 22.5 Å². The highest BCUT2D eigenvalue weighted by molar-refractivity contribution is 7.99. The molecule has 1 aliphatic heterocycles. The Labute approximate surface area is 123 Å². The molecular formula is C16H16N2OS. The average Bonchev–Trinajstić information content (AvgIpc) is 2.49. The summed E-state index contributed by atoms with van der Waals surface area (Å²) in [5.41, 5.74) is 2.93. The molecule has 0 aromatic heterocycles. The van der Waals surface area contributed by atoms with Gasteiger partial charge in [0.25, 0.3) is 0 Å². The maximum atomic E-state index is 12.5. The van der Waals surface area contributed by atoms with Gasteiger partial charge >= 0.3 is 6.03 Å². The summed E-state index contributed by atoms with van der Waals surface area (Å²) in [6.45, 7) is 2.73. The van der Waals surface area contributed by atoms with Crippen molar-refractivity contribution in [3.63, 3.8) is 0 Å². The van der Waals surface area contributed by atoms with Crippen LogP contribution in [-0.4, -0.2) is 18.3 Å². The molecule has 1 N–H and O–H groups in total. The van der Waals surface area contributed by atoms with Gasteiger partial charge in [0.1, 0.15) is 0 Å². The first-order valence-electron chi connectivity index (χ1n) is 6.62. The fourth-order valence-corrected chi connectivity index (χ4v) is 3.27. The van der Waals surface area contributed by atoms with Crippen LogP contribution in [0.25, 0.3) is 0 Å². The number of para-hydroxylation sites is 2. The number of carbonyl (C=O) groups is 1. The zero-order chi connectivity index (χ0) is 13.9. The number of urea groups is 1. The van der Waals surface area contributed by atoms with Crippen molar-refractivity contribution in [1.82, 2.24) is 0 Å². The van der Waals surface area contributed by atoms with E-state index >= 15 is 0 Å². The fraction of sp³-hybridized carbons (Fsp3) is 0.188. The van der Waals surface area contributed by atoms with Crippen LogP contribution in [0.3, 0.4) is 0 Å². The van der Waals surface area contributed by atoms with Crippen LogP contribution < -0.4 is 10.2 Å². The number of carbonyl (C=O) groups excluding carboxylic acids is 1. The van der Waals surface area contributed by atoms with Gasteiger partial charge in [-0.15, -0.1) is 11.8 Å². The molecule has 20 heavy (non-hydrogen) atoms. The summed E-state index contributed by atoms with van der Waals surface area (Å²) in [7, 11) is 0. The molecule has 0 spiro atoms. The number of anilines is 2. The largest absolute Gasteiger partial charge is 0.326 e. The van der Waals surface area contributed by atoms with Crippen LogP contribution in [0.4, 0.5) is 16.2 Å². The molecule has 0 atom stereocenters. The maximum Gasteiger partial charge on any atom is 0.326 e. The van der Waals surface area contributed by atoms with E-state index in [0.717, 1.165) is 29.2 Å². The minimum Gasteiger partial charge on any atom is -0.307 e. The summed E-state index contributed by atoms with van der Waals surface area (Å²) in [5.74, 6) is 0.929. The van der Waals surface area contributed by atoms with Gasteiger partial charge in [0, 0.05) is 22.9 Å². The van der Waals surface area contributed by atoms with Crippen LogP contribution in [0.2, 0.25) is 0 Å². The SMILES string of the molecule is Cc1ccccc1NC(=O)N1CCSc2ccccc21. The summed E-state index contributed by atoms with van der Waals surface area (Å²) < 4.78 is 0. The number of aryl methyl sites for hydroxylation is 1. The predicted octanol–water partition coefficient (Wildman–Crippen LogP) is 4.14. The highest BCUT2D eigenvalue weighted by Crippen LogP contribution is 2.34. The zero-order valence-electron chi connectivity index (χ0n) is 11.3. The lowest BCUT2D eigenvalue weighted by molar-refractivity contribution is 0.257. The Morgan fingerprint density at radius 3 is 2.75 bits per heavy atom. The van der Waals surface area contributed by atoms with Crippen LogP contribution in [-0.2, 0) is 0 Å². The smallest absolute Gasteiger partial charge is 0.307 e. The first-order chi connectivity index (χ1) is 9.75. The van der Waals surface area contributed by atoms with Crippen molar-refractivity contribution in [1.29, 1.82) is 0 Å². The Morgan fingerprint density at radius 2 is 1.90 bits per heavy atom. The lowest BCUT2D eigenvalue weighted by Crippen LogP contribution is -2.38. The molecule has 1 heterocycles. The average molecular weight is 284 g/mol. The standard InChI is InChI=1S/C16H16N2OS/c1-12-6-2-3-7-13(12)17-16(19)18-10-11-20-15-9-5-4-8-14(15)18/h2-9H,10-11H2,1H3,(H,17,19). The fourth-order valence-electron chi connectivity index (χ4n) is 2.28. The molecule has 2 amide bonds. The molecular weight excluding hydrogens is 268 g/mol. The monoisotopic (exact) mass is 284 g/mol. The number of amides is 2. The van der Waals surface area contributed by atoms with E-state index in [0.29, 0.717) is 0 Å². The number of benzene rings is 2. The third-order valence-corrected chi connectivity index (χ3v) is 4.40. The number of nitrogens with zero attached hydrogens (tertiary/aromatic N) is 1. The predicted molar refractivity (Wildman–Crippen MR) is 84.7 cm³/mol. The molecule has 0 fully saturated rings. The van der Waals surface area contributed by atoms with E-state index in [1.54, 1.807) is 11.8 Å². The van der Waals surface area contributed by atoms with Gasteiger partial charge in [0.05, 0.1) is 5.69 Å². The normalized spacial score (nSPS) is 13.8. The minimum atomic E-state index is -0.0629. The van der Waals surface area contributed by atoms with E-state index in [4.69, 9.17) is 0 Å². The van der Waals surface area contributed by atoms with Gasteiger partial charge in [0.15, 0.2) is 0 Å². The van der Waals surface area contributed by atoms with Crippen molar-refractivity contribution in [3.8, 4) is 0 Å². The van der Waals surface area contributed by atoms with E-state index in [9.17, 15) is 4.79 Å². The zero-order valence-corrected chi connectivity index (χ0v) is 12.1. The van der Waals surface area contributed by atoms with Crippen LogP contribution in [0, 0.1) is 6.92 Å². The van der Waals surface area contributed by atoms with Crippen LogP contribution in [0.1, 0.15) is 5.56 Å². The topological polar surface area (TPSA) is 32.3 Å². The van der Waals surface area contributed by atoms with Crippen molar-refractivity contribution >= 4 is 29.2 Å². The Bertz CT molecular complexity index is 642. The lowest BCUT2D eigenvalue weighted by atomic mass is 10.2. The van der Waals surface area contributed by atoms with Gasteiger partial charge in [-0.1, -0.05) is 30.3 Å². The molecule has 0 radical (unpaired) electrons. The first-order valence-corrected chi connectivity index (χ1v) is 7.60. The van der Waals surface area contributed by atoms with Gasteiger partial charge in [0.2, 0.25) is 0 Å². The summed E-state index contributed by atoms with van der Waals surface area (Å²) in [4.78, 5) is 15.5. The van der Waals surface area contributed by atoms with E-state index in [-0.39, 0.29) is 6.03 Å². The minimum absolute atomic E-state index is 0.0629. The molecule has 3 nitrogen and oxygen atoms in total. The van der Waals surface area contributed by atoms with Crippen molar-refractivity contribution < 1.29 is 4.79 Å². The van der Waals surface area contributed by atoms with Gasteiger partial charge < -0.3 is 5.32 Å². The second-order valence-corrected chi connectivity index (χ2v) is 5.85. The Morgan fingerprint density at radius 1 is 1.15 bits per heavy atom. The number of nitrogens with one attached hydrogen (secondary N) is 1. The Hall–Kier alpha value is -1.94. The summed E-state index contributed by atoms with van der Waals surface area (Å²) in [5, 5.41) is 3.00. The van der Waals surface area contributed by atoms with Gasteiger partial charge in [-0.3, -0.25) is 4.90 Å². The van der Waals surface area contributed by atoms with E-state index in [1.165, 1.54) is 4.90 Å². The summed E-state index contributed by atoms with van der Waals surface area (Å²) >= 11 is 1.80. The van der Waals surface area contributed by atoms with E-state index < -0.39 is 0 Å². The molecule has 0 saturated heterocycles. The number of hydrogen-bond donors (Lipinski definition) is 1. The summed E-state index contributed by atoms with van der Waals surface area (Å²) in [6.07, 6.45) is 0. The van der Waals surface area contributed by atoms with Gasteiger partial charge in [-0.25, -0.2) is 4.79 Å². The number of hydrogen-bond acceptors (Lipinski definition) is 2. The third kappa shape index (κ3) is 2.51. The highest BCUT2D eigenvalue weighted by Gasteiger charge is 2.22. The van der Waals surface area contributed by atoms with Gasteiger partial charge in [-0.05, 0) is 30.7 Å². The molecule has 102 valence electrons. The Kier molecular flexibility index (Phi) is 3.65. The molecule has 4 heteroatoms. The van der Waals surface area contributed by atoms with Gasteiger partial charge in [-0.2, -0.15) is 0 Å². The molecule has 0 saturated carbocycles. The number of thioether (sulfide) groups is 1. The van der Waals surface area contributed by atoms with Crippen LogP contribution in [0.5, 0.6) is 0 Å². The molecule has 0 unspecified atom stereocenters. The highest BCUT2D eigenvalue weighted by atomic mass is 32.2. The van der Waals surface area contributed by atoms with E-state index in [1.807, 2.05) is 54.3 Å². The maximum absolute atomic E-state index is 12.5. The second-order valence-electron chi connectivity index (χ2n) is 4.71. The lowest BCUT2D eigenvalue weighted by Gasteiger charge is -2.29. The quantitative estimate of drug-likeness (QED) is 0.853. The molecule has 2 aromatic rings. The number of fused-ring (bicyclic) bond motifs is 1. The third-order valence-electron chi connectivity index (χ3n) is 3.36. The molecule has 1 aliphatic rings. The molecule has 2 aromatic carbocycles. The number of rotatable bonds is 1. The van der Waals surface area contributed by atoms with Crippen molar-refractivity contribution in [2.24, 2.45) is 0 Å². The second kappa shape index (κ2) is 5.59. The summed E-state index contributed by atoms with van der Waals surface area (Å²) in [6, 6.07) is 15.8. The van der Waals surface area contributed by atoms with Crippen molar-refractivity contribution in [3.05, 3.63) is 54.1 Å². The Balaban J connectivity index is 1.84. The van der Waals surface area contributed by atoms with Crippen LogP contribution in [0.15, 0.2) is 53.4 Å². The molecule has 3 rings (SSSR count). The first kappa shape index (κ1) is 13.1. The van der Waals surface area contributed by atoms with Crippen LogP contribution >= 0.6 is 11.8 Å². The van der Waals surface area contributed by atoms with E-state index in [2.05, 4.69) is 11.4 Å². The molecule has 0 bridgehead atoms. The molecule has 0 aliphatic carbocycles.